The molecular formula is C12H14F2O2. The molecule has 0 saturated heterocycles. The summed E-state index contributed by atoms with van der Waals surface area (Å²) in [4.78, 5) is 11.6. The zero-order valence-corrected chi connectivity index (χ0v) is 9.30. The molecule has 88 valence electrons. The molecule has 0 aromatic heterocycles. The van der Waals surface area contributed by atoms with Crippen molar-refractivity contribution in [3.63, 3.8) is 0 Å². The Morgan fingerprint density at radius 2 is 1.94 bits per heavy atom. The highest BCUT2D eigenvalue weighted by Crippen LogP contribution is 2.14. The molecule has 0 saturated carbocycles. The summed E-state index contributed by atoms with van der Waals surface area (Å²) in [5.41, 5.74) is -0.192. The number of methoxy groups -OCH3 is 1. The van der Waals surface area contributed by atoms with E-state index in [9.17, 15) is 13.6 Å². The van der Waals surface area contributed by atoms with Crippen LogP contribution in [0, 0.1) is 11.6 Å². The summed E-state index contributed by atoms with van der Waals surface area (Å²) >= 11 is 0. The quantitative estimate of drug-likeness (QED) is 0.774. The fourth-order valence-electron chi connectivity index (χ4n) is 1.52. The summed E-state index contributed by atoms with van der Waals surface area (Å²) in [5.74, 6) is -1.70. The number of ether oxygens (including phenoxy) is 1. The van der Waals surface area contributed by atoms with Crippen molar-refractivity contribution in [1.82, 2.24) is 0 Å². The molecule has 1 rings (SSSR count). The van der Waals surface area contributed by atoms with Gasteiger partial charge in [0.1, 0.15) is 17.7 Å². The molecule has 0 bridgehead atoms. The minimum absolute atomic E-state index is 0.192. The Balaban J connectivity index is 2.84. The van der Waals surface area contributed by atoms with E-state index in [-0.39, 0.29) is 17.8 Å². The molecule has 1 aromatic rings. The number of hydrogen-bond donors (Lipinski definition) is 0. The number of rotatable bonds is 5. The molecule has 0 aliphatic heterocycles. The van der Waals surface area contributed by atoms with Gasteiger partial charge in [-0.1, -0.05) is 13.0 Å². The van der Waals surface area contributed by atoms with Gasteiger partial charge in [-0.3, -0.25) is 4.79 Å². The molecule has 1 atom stereocenters. The van der Waals surface area contributed by atoms with E-state index in [1.54, 1.807) is 6.92 Å². The number of benzene rings is 1. The monoisotopic (exact) mass is 228 g/mol. The van der Waals surface area contributed by atoms with Crippen molar-refractivity contribution < 1.29 is 18.3 Å². The van der Waals surface area contributed by atoms with Crippen molar-refractivity contribution in [2.75, 3.05) is 7.11 Å². The van der Waals surface area contributed by atoms with Gasteiger partial charge >= 0.3 is 0 Å². The topological polar surface area (TPSA) is 26.3 Å². The number of carbonyl (C=O) groups excluding carboxylic acids is 1. The zero-order chi connectivity index (χ0) is 12.1. The highest BCUT2D eigenvalue weighted by Gasteiger charge is 2.19. The Labute approximate surface area is 93.2 Å². The average molecular weight is 228 g/mol. The number of hydrogen-bond acceptors (Lipinski definition) is 2. The van der Waals surface area contributed by atoms with Crippen LogP contribution in [-0.4, -0.2) is 19.0 Å². The molecule has 0 heterocycles. The van der Waals surface area contributed by atoms with Crippen molar-refractivity contribution in [3.05, 3.63) is 35.4 Å². The lowest BCUT2D eigenvalue weighted by Crippen LogP contribution is -2.24. The highest BCUT2D eigenvalue weighted by molar-refractivity contribution is 5.85. The molecule has 0 amide bonds. The van der Waals surface area contributed by atoms with Gasteiger partial charge in [0.05, 0.1) is 0 Å². The highest BCUT2D eigenvalue weighted by atomic mass is 19.1. The van der Waals surface area contributed by atoms with Gasteiger partial charge in [0, 0.05) is 19.1 Å². The van der Waals surface area contributed by atoms with E-state index in [0.29, 0.717) is 6.42 Å². The van der Waals surface area contributed by atoms with Crippen molar-refractivity contribution >= 4 is 5.78 Å². The first-order chi connectivity index (χ1) is 7.60. The van der Waals surface area contributed by atoms with Crippen LogP contribution in [0.25, 0.3) is 0 Å². The molecule has 4 heteroatoms. The maximum Gasteiger partial charge on any atom is 0.166 e. The molecule has 1 aromatic carbocycles. The van der Waals surface area contributed by atoms with Crippen LogP contribution in [0.15, 0.2) is 18.2 Å². The molecule has 0 spiro atoms. The summed E-state index contributed by atoms with van der Waals surface area (Å²) in [5, 5.41) is 0. The van der Waals surface area contributed by atoms with Crippen LogP contribution in [-0.2, 0) is 16.0 Å². The number of Topliss-reactive ketones (excluding diaryl/α,β-unsaturated/α-hetero) is 1. The summed E-state index contributed by atoms with van der Waals surface area (Å²) in [6.07, 6.45) is -0.380. The molecule has 1 unspecified atom stereocenters. The number of ketones is 1. The first kappa shape index (κ1) is 12.8. The van der Waals surface area contributed by atoms with E-state index in [2.05, 4.69) is 0 Å². The van der Waals surface area contributed by atoms with Crippen LogP contribution in [0.4, 0.5) is 8.78 Å². The van der Waals surface area contributed by atoms with Gasteiger partial charge in [-0.2, -0.15) is 0 Å². The molecule has 0 N–H and O–H groups in total. The van der Waals surface area contributed by atoms with Gasteiger partial charge < -0.3 is 4.74 Å². The fraction of sp³-hybridized carbons (Fsp3) is 0.417. The third-order valence-electron chi connectivity index (χ3n) is 2.43. The van der Waals surface area contributed by atoms with Gasteiger partial charge in [0.25, 0.3) is 0 Å². The van der Waals surface area contributed by atoms with E-state index in [4.69, 9.17) is 4.74 Å². The lowest BCUT2D eigenvalue weighted by Gasteiger charge is -2.12. The van der Waals surface area contributed by atoms with Gasteiger partial charge in [0.15, 0.2) is 5.78 Å². The summed E-state index contributed by atoms with van der Waals surface area (Å²) in [7, 11) is 1.41. The second-order valence-corrected chi connectivity index (χ2v) is 3.48. The van der Waals surface area contributed by atoms with E-state index < -0.39 is 17.7 Å². The molecule has 0 aliphatic carbocycles. The minimum Gasteiger partial charge on any atom is -0.374 e. The molecule has 0 fully saturated rings. The van der Waals surface area contributed by atoms with Gasteiger partial charge in [-0.25, -0.2) is 8.78 Å². The van der Waals surface area contributed by atoms with Crippen molar-refractivity contribution in [1.29, 1.82) is 0 Å². The van der Waals surface area contributed by atoms with Crippen LogP contribution >= 0.6 is 0 Å². The van der Waals surface area contributed by atoms with Gasteiger partial charge in [0.2, 0.25) is 0 Å². The number of carbonyl (C=O) groups is 1. The third-order valence-corrected chi connectivity index (χ3v) is 2.43. The summed E-state index contributed by atoms with van der Waals surface area (Å²) in [6, 6.07) is 3.55. The molecule has 2 nitrogen and oxygen atoms in total. The first-order valence-electron chi connectivity index (χ1n) is 5.08. The Morgan fingerprint density at radius 1 is 1.38 bits per heavy atom. The van der Waals surface area contributed by atoms with Crippen molar-refractivity contribution in [3.8, 4) is 0 Å². The van der Waals surface area contributed by atoms with E-state index in [0.717, 1.165) is 12.1 Å². The Morgan fingerprint density at radius 3 is 2.38 bits per heavy atom. The van der Waals surface area contributed by atoms with E-state index in [1.807, 2.05) is 0 Å². The zero-order valence-electron chi connectivity index (χ0n) is 9.30. The largest absolute Gasteiger partial charge is 0.374 e. The van der Waals surface area contributed by atoms with Gasteiger partial charge in [-0.05, 0) is 18.6 Å². The number of halogens is 2. The molecule has 0 aliphatic rings. The SMILES string of the molecule is CCC(OC)C(=O)Cc1c(F)cccc1F. The van der Waals surface area contributed by atoms with Crippen LogP contribution in [0.3, 0.4) is 0 Å². The second-order valence-electron chi connectivity index (χ2n) is 3.48. The predicted octanol–water partition coefficient (Wildman–Crippen LogP) is 2.50. The van der Waals surface area contributed by atoms with Gasteiger partial charge in [-0.15, -0.1) is 0 Å². The molecule has 0 radical (unpaired) electrons. The first-order valence-corrected chi connectivity index (χ1v) is 5.08. The lowest BCUT2D eigenvalue weighted by atomic mass is 10.0. The second kappa shape index (κ2) is 5.70. The fourth-order valence-corrected chi connectivity index (χ4v) is 1.52. The average Bonchev–Trinajstić information content (AvgIpc) is 2.25. The van der Waals surface area contributed by atoms with Crippen molar-refractivity contribution in [2.45, 2.75) is 25.9 Å². The normalized spacial score (nSPS) is 12.5. The van der Waals surface area contributed by atoms with E-state index >= 15 is 0 Å². The standard InChI is InChI=1S/C12H14F2O2/c1-3-12(16-2)11(15)7-8-9(13)5-4-6-10(8)14/h4-6,12H,3,7H2,1-2H3. The maximum absolute atomic E-state index is 13.2. The molecule has 16 heavy (non-hydrogen) atoms. The van der Waals surface area contributed by atoms with Crippen LogP contribution in [0.5, 0.6) is 0 Å². The van der Waals surface area contributed by atoms with Crippen LogP contribution in [0.2, 0.25) is 0 Å². The predicted molar refractivity (Wildman–Crippen MR) is 56.2 cm³/mol. The van der Waals surface area contributed by atoms with Crippen molar-refractivity contribution in [2.24, 2.45) is 0 Å². The van der Waals surface area contributed by atoms with Crippen LogP contribution in [0.1, 0.15) is 18.9 Å². The lowest BCUT2D eigenvalue weighted by molar-refractivity contribution is -0.128. The van der Waals surface area contributed by atoms with E-state index in [1.165, 1.54) is 13.2 Å². The maximum atomic E-state index is 13.2. The van der Waals surface area contributed by atoms with Crippen LogP contribution < -0.4 is 0 Å². The third kappa shape index (κ3) is 2.85. The summed E-state index contributed by atoms with van der Waals surface area (Å²) in [6.45, 7) is 1.78. The molecular weight excluding hydrogens is 214 g/mol. The minimum atomic E-state index is -0.695. The Bertz CT molecular complexity index is 353. The smallest absolute Gasteiger partial charge is 0.166 e. The summed E-state index contributed by atoms with van der Waals surface area (Å²) < 4.78 is 31.4. The Kier molecular flexibility index (Phi) is 4.55. The Hall–Kier alpha value is -1.29.